The molecule has 0 amide bonds. The van der Waals surface area contributed by atoms with Gasteiger partial charge >= 0.3 is 6.18 Å². The molecule has 2 heterocycles. The van der Waals surface area contributed by atoms with Crippen molar-refractivity contribution in [3.63, 3.8) is 0 Å². The van der Waals surface area contributed by atoms with Crippen molar-refractivity contribution >= 4 is 17.6 Å². The van der Waals surface area contributed by atoms with E-state index in [1.165, 1.54) is 0 Å². The van der Waals surface area contributed by atoms with Gasteiger partial charge in [0.25, 0.3) is 0 Å². The number of nitrogens with zero attached hydrogens (tertiary/aromatic N) is 2. The summed E-state index contributed by atoms with van der Waals surface area (Å²) in [6.45, 7) is 0.552. The predicted octanol–water partition coefficient (Wildman–Crippen LogP) is 3.14. The van der Waals surface area contributed by atoms with Gasteiger partial charge in [0.15, 0.2) is 0 Å². The van der Waals surface area contributed by atoms with Crippen molar-refractivity contribution < 1.29 is 13.2 Å². The fourth-order valence-corrected chi connectivity index (χ4v) is 3.11. The van der Waals surface area contributed by atoms with Crippen molar-refractivity contribution in [2.24, 2.45) is 5.92 Å². The lowest BCUT2D eigenvalue weighted by atomic mass is 10.1. The molecule has 1 saturated heterocycles. The van der Waals surface area contributed by atoms with Gasteiger partial charge in [0.2, 0.25) is 0 Å². The number of pyridine rings is 1. The highest BCUT2D eigenvalue weighted by Crippen LogP contribution is 2.30. The Morgan fingerprint density at radius 3 is 2.84 bits per heavy atom. The van der Waals surface area contributed by atoms with Gasteiger partial charge in [0.1, 0.15) is 17.6 Å². The summed E-state index contributed by atoms with van der Waals surface area (Å²) in [6, 6.07) is 3.83. The summed E-state index contributed by atoms with van der Waals surface area (Å²) in [5, 5.41) is 11.8. The topological polar surface area (TPSA) is 48.7 Å². The molecule has 0 spiro atoms. The molecule has 19 heavy (non-hydrogen) atoms. The quantitative estimate of drug-likeness (QED) is 0.928. The van der Waals surface area contributed by atoms with Crippen LogP contribution >= 0.6 is 11.8 Å². The number of nitrogens with one attached hydrogen (secondary N) is 1. The summed E-state index contributed by atoms with van der Waals surface area (Å²) in [7, 11) is 0. The van der Waals surface area contributed by atoms with Crippen LogP contribution in [0.25, 0.3) is 0 Å². The Morgan fingerprint density at radius 2 is 2.26 bits per heavy atom. The number of nitriles is 1. The third kappa shape index (κ3) is 3.53. The Labute approximate surface area is 113 Å². The van der Waals surface area contributed by atoms with Gasteiger partial charge in [-0.2, -0.15) is 30.2 Å². The molecule has 0 saturated carbocycles. The Morgan fingerprint density at radius 1 is 1.47 bits per heavy atom. The summed E-state index contributed by atoms with van der Waals surface area (Å²) in [6.07, 6.45) is -3.45. The van der Waals surface area contributed by atoms with E-state index in [4.69, 9.17) is 5.26 Å². The minimum Gasteiger partial charge on any atom is -0.369 e. The maximum atomic E-state index is 12.6. The molecule has 1 N–H and O–H groups in total. The van der Waals surface area contributed by atoms with Crippen molar-refractivity contribution in [1.82, 2.24) is 4.98 Å². The van der Waals surface area contributed by atoms with Crippen molar-refractivity contribution in [2.45, 2.75) is 12.6 Å². The minimum absolute atomic E-state index is 0.0224. The molecule has 0 aromatic carbocycles. The molecule has 1 fully saturated rings. The van der Waals surface area contributed by atoms with E-state index >= 15 is 0 Å². The van der Waals surface area contributed by atoms with Gasteiger partial charge in [-0.05, 0) is 36.0 Å². The van der Waals surface area contributed by atoms with E-state index < -0.39 is 11.9 Å². The van der Waals surface area contributed by atoms with Gasteiger partial charge in [-0.3, -0.25) is 0 Å². The lowest BCUT2D eigenvalue weighted by molar-refractivity contribution is -0.141. The monoisotopic (exact) mass is 287 g/mol. The van der Waals surface area contributed by atoms with Crippen LogP contribution in [0, 0.1) is 17.2 Å². The van der Waals surface area contributed by atoms with Crippen LogP contribution in [0.1, 0.15) is 17.7 Å². The number of halogens is 3. The van der Waals surface area contributed by atoms with Gasteiger partial charge < -0.3 is 5.32 Å². The first-order valence-corrected chi connectivity index (χ1v) is 6.96. The maximum Gasteiger partial charge on any atom is 0.433 e. The van der Waals surface area contributed by atoms with Gasteiger partial charge in [-0.25, -0.2) is 4.98 Å². The summed E-state index contributed by atoms with van der Waals surface area (Å²) in [4.78, 5) is 3.51. The van der Waals surface area contributed by atoms with Crippen molar-refractivity contribution in [3.05, 3.63) is 23.4 Å². The number of anilines is 1. The molecule has 2 rings (SSSR count). The molecule has 1 aliphatic rings. The second-order valence-corrected chi connectivity index (χ2v) is 5.46. The number of hydrogen-bond donors (Lipinski definition) is 1. The second-order valence-electron chi connectivity index (χ2n) is 4.31. The van der Waals surface area contributed by atoms with Crippen LogP contribution in [0.3, 0.4) is 0 Å². The lowest BCUT2D eigenvalue weighted by Crippen LogP contribution is -2.17. The summed E-state index contributed by atoms with van der Waals surface area (Å²) in [5.41, 5.74) is -0.839. The van der Waals surface area contributed by atoms with Crippen LogP contribution in [0.4, 0.5) is 19.0 Å². The zero-order valence-electron chi connectivity index (χ0n) is 10.00. The molecule has 1 aliphatic heterocycles. The smallest absolute Gasteiger partial charge is 0.369 e. The number of alkyl halides is 3. The predicted molar refractivity (Wildman–Crippen MR) is 67.9 cm³/mol. The van der Waals surface area contributed by atoms with Crippen molar-refractivity contribution in [1.29, 1.82) is 5.26 Å². The number of thioether (sulfide) groups is 1. The van der Waals surface area contributed by atoms with Crippen LogP contribution in [-0.4, -0.2) is 23.0 Å². The zero-order chi connectivity index (χ0) is 13.9. The molecule has 0 aliphatic carbocycles. The molecule has 102 valence electrons. The highest BCUT2D eigenvalue weighted by Gasteiger charge is 2.33. The first-order chi connectivity index (χ1) is 9.00. The van der Waals surface area contributed by atoms with Gasteiger partial charge in [-0.15, -0.1) is 0 Å². The molecule has 7 heteroatoms. The third-order valence-corrected chi connectivity index (χ3v) is 4.12. The van der Waals surface area contributed by atoms with Gasteiger partial charge in [-0.1, -0.05) is 0 Å². The van der Waals surface area contributed by atoms with Crippen LogP contribution in [0.5, 0.6) is 0 Å². The summed E-state index contributed by atoms with van der Waals surface area (Å²) >= 11 is 1.83. The fraction of sp³-hybridized carbons (Fsp3) is 0.500. The Balaban J connectivity index is 2.14. The van der Waals surface area contributed by atoms with Gasteiger partial charge in [0, 0.05) is 6.54 Å². The van der Waals surface area contributed by atoms with Crippen molar-refractivity contribution in [2.75, 3.05) is 23.4 Å². The zero-order valence-corrected chi connectivity index (χ0v) is 10.8. The Kier molecular flexibility index (Phi) is 4.20. The van der Waals surface area contributed by atoms with E-state index in [1.807, 2.05) is 17.8 Å². The average Bonchev–Trinajstić information content (AvgIpc) is 2.88. The maximum absolute atomic E-state index is 12.6. The second kappa shape index (κ2) is 5.70. The normalized spacial score (nSPS) is 19.2. The molecule has 0 bridgehead atoms. The molecule has 1 aromatic heterocycles. The molecule has 1 unspecified atom stereocenters. The van der Waals surface area contributed by atoms with E-state index in [0.29, 0.717) is 12.5 Å². The van der Waals surface area contributed by atoms with E-state index in [9.17, 15) is 13.2 Å². The SMILES string of the molecule is N#Cc1ccc(C(F)(F)F)nc1NCC1CCSC1. The number of rotatable bonds is 3. The summed E-state index contributed by atoms with van der Waals surface area (Å²) < 4.78 is 37.7. The number of aromatic nitrogens is 1. The fourth-order valence-electron chi connectivity index (χ4n) is 1.83. The van der Waals surface area contributed by atoms with Crippen LogP contribution in [0.15, 0.2) is 12.1 Å². The largest absolute Gasteiger partial charge is 0.433 e. The first-order valence-electron chi connectivity index (χ1n) is 5.80. The molecular weight excluding hydrogens is 275 g/mol. The minimum atomic E-state index is -4.49. The first kappa shape index (κ1) is 14.0. The highest BCUT2D eigenvalue weighted by molar-refractivity contribution is 7.99. The molecule has 1 atom stereocenters. The summed E-state index contributed by atoms with van der Waals surface area (Å²) in [5.74, 6) is 2.52. The molecular formula is C12H12F3N3S. The van der Waals surface area contributed by atoms with Crippen LogP contribution in [0.2, 0.25) is 0 Å². The van der Waals surface area contributed by atoms with Gasteiger partial charge in [0.05, 0.1) is 5.56 Å². The van der Waals surface area contributed by atoms with E-state index in [-0.39, 0.29) is 11.4 Å². The average molecular weight is 287 g/mol. The van der Waals surface area contributed by atoms with Crippen LogP contribution in [-0.2, 0) is 6.18 Å². The highest BCUT2D eigenvalue weighted by atomic mass is 32.2. The lowest BCUT2D eigenvalue weighted by Gasteiger charge is -2.13. The van der Waals surface area contributed by atoms with Crippen LogP contribution < -0.4 is 5.32 Å². The van der Waals surface area contributed by atoms with Crippen molar-refractivity contribution in [3.8, 4) is 6.07 Å². The molecule has 0 radical (unpaired) electrons. The number of hydrogen-bond acceptors (Lipinski definition) is 4. The van der Waals surface area contributed by atoms with E-state index in [1.54, 1.807) is 0 Å². The molecule has 3 nitrogen and oxygen atoms in total. The third-order valence-electron chi connectivity index (χ3n) is 2.89. The van der Waals surface area contributed by atoms with E-state index in [0.717, 1.165) is 30.1 Å². The Bertz CT molecular complexity index is 490. The molecule has 1 aromatic rings. The Hall–Kier alpha value is -1.42. The standard InChI is InChI=1S/C12H12F3N3S/c13-12(14,15)10-2-1-9(5-16)11(18-10)17-6-8-3-4-19-7-8/h1-2,8H,3-4,6-7H2,(H,17,18). The van der Waals surface area contributed by atoms with E-state index in [2.05, 4.69) is 10.3 Å².